The standard InChI is InChI=1S/C10H11NO3S/c1-2-4-14-10(13)7-3-5-15-9-6-8(12)11(7)9/h2-4,9H,5-6H2,1H3/b4-2-/t9-/m1/s1. The molecular weight excluding hydrogens is 214 g/mol. The largest absolute Gasteiger partial charge is 0.430 e. The number of rotatable bonds is 2. The van der Waals surface area contributed by atoms with Crippen LogP contribution in [-0.4, -0.2) is 27.9 Å². The minimum atomic E-state index is -0.452. The van der Waals surface area contributed by atoms with Crippen molar-refractivity contribution in [3.8, 4) is 0 Å². The molecule has 5 heteroatoms. The Labute approximate surface area is 92.0 Å². The van der Waals surface area contributed by atoms with Crippen LogP contribution in [0.3, 0.4) is 0 Å². The van der Waals surface area contributed by atoms with Gasteiger partial charge in [-0.25, -0.2) is 4.79 Å². The van der Waals surface area contributed by atoms with Gasteiger partial charge in [0.2, 0.25) is 5.91 Å². The molecule has 80 valence electrons. The number of carbonyl (C=O) groups is 2. The van der Waals surface area contributed by atoms with E-state index in [1.165, 1.54) is 11.2 Å². The van der Waals surface area contributed by atoms with E-state index >= 15 is 0 Å². The molecular formula is C10H11NO3S. The first-order valence-electron chi connectivity index (χ1n) is 4.70. The zero-order chi connectivity index (χ0) is 10.8. The van der Waals surface area contributed by atoms with Gasteiger partial charge >= 0.3 is 5.97 Å². The first-order valence-corrected chi connectivity index (χ1v) is 5.75. The fourth-order valence-corrected chi connectivity index (χ4v) is 2.64. The number of fused-ring (bicyclic) bond motifs is 1. The Morgan fingerprint density at radius 2 is 2.53 bits per heavy atom. The van der Waals surface area contributed by atoms with Crippen molar-refractivity contribution in [2.75, 3.05) is 5.75 Å². The highest BCUT2D eigenvalue weighted by molar-refractivity contribution is 8.00. The first kappa shape index (κ1) is 10.3. The monoisotopic (exact) mass is 225 g/mol. The van der Waals surface area contributed by atoms with Crippen LogP contribution in [0.15, 0.2) is 24.1 Å². The Kier molecular flexibility index (Phi) is 2.81. The number of allylic oxidation sites excluding steroid dienone is 1. The summed E-state index contributed by atoms with van der Waals surface area (Å²) in [4.78, 5) is 24.4. The average molecular weight is 225 g/mol. The van der Waals surface area contributed by atoms with Crippen molar-refractivity contribution in [3.05, 3.63) is 24.1 Å². The van der Waals surface area contributed by atoms with Crippen molar-refractivity contribution in [2.45, 2.75) is 18.7 Å². The number of carbonyl (C=O) groups excluding carboxylic acids is 2. The van der Waals surface area contributed by atoms with E-state index in [9.17, 15) is 9.59 Å². The van der Waals surface area contributed by atoms with Gasteiger partial charge in [0.15, 0.2) is 0 Å². The van der Waals surface area contributed by atoms with E-state index in [0.29, 0.717) is 12.1 Å². The number of ether oxygens (including phenoxy) is 1. The molecule has 4 nitrogen and oxygen atoms in total. The number of β-lactam (4-membered cyclic amide) rings is 1. The van der Waals surface area contributed by atoms with Crippen molar-refractivity contribution >= 4 is 23.6 Å². The van der Waals surface area contributed by atoms with Crippen molar-refractivity contribution in [1.82, 2.24) is 4.90 Å². The Balaban J connectivity index is 2.10. The molecule has 0 aromatic heterocycles. The van der Waals surface area contributed by atoms with Gasteiger partial charge in [-0.2, -0.15) is 0 Å². The summed E-state index contributed by atoms with van der Waals surface area (Å²) in [5, 5.41) is 0.135. The molecule has 0 N–H and O–H groups in total. The predicted molar refractivity (Wildman–Crippen MR) is 56.7 cm³/mol. The Hall–Kier alpha value is -1.23. The number of esters is 1. The van der Waals surface area contributed by atoms with Gasteiger partial charge in [-0.1, -0.05) is 6.08 Å². The van der Waals surface area contributed by atoms with E-state index in [0.717, 1.165) is 5.75 Å². The lowest BCUT2D eigenvalue weighted by Gasteiger charge is -2.42. The van der Waals surface area contributed by atoms with Gasteiger partial charge in [0, 0.05) is 5.75 Å². The molecule has 1 amide bonds. The summed E-state index contributed by atoms with van der Waals surface area (Å²) in [6, 6.07) is 0. The van der Waals surface area contributed by atoms with E-state index in [4.69, 9.17) is 4.74 Å². The Morgan fingerprint density at radius 1 is 1.73 bits per heavy atom. The number of hydrogen-bond acceptors (Lipinski definition) is 4. The summed E-state index contributed by atoms with van der Waals surface area (Å²) in [5.74, 6) is 0.302. The van der Waals surface area contributed by atoms with Crippen molar-refractivity contribution in [1.29, 1.82) is 0 Å². The highest BCUT2D eigenvalue weighted by Gasteiger charge is 2.43. The number of amides is 1. The molecule has 15 heavy (non-hydrogen) atoms. The zero-order valence-electron chi connectivity index (χ0n) is 8.30. The predicted octanol–water partition coefficient (Wildman–Crippen LogP) is 1.25. The third-order valence-corrected chi connectivity index (χ3v) is 3.37. The van der Waals surface area contributed by atoms with Gasteiger partial charge in [-0.05, 0) is 13.0 Å². The van der Waals surface area contributed by atoms with Crippen molar-refractivity contribution < 1.29 is 14.3 Å². The fourth-order valence-electron chi connectivity index (χ4n) is 1.52. The van der Waals surface area contributed by atoms with E-state index < -0.39 is 5.97 Å². The van der Waals surface area contributed by atoms with Crippen molar-refractivity contribution in [3.63, 3.8) is 0 Å². The molecule has 0 aromatic rings. The normalized spacial score (nSPS) is 24.6. The van der Waals surface area contributed by atoms with Crippen LogP contribution in [0.25, 0.3) is 0 Å². The van der Waals surface area contributed by atoms with Gasteiger partial charge < -0.3 is 4.74 Å². The number of hydrogen-bond donors (Lipinski definition) is 0. The SMILES string of the molecule is C/C=C\OC(=O)C1=CCS[C@@H]2CC(=O)N12. The summed E-state index contributed by atoms with van der Waals surface area (Å²) in [5.41, 5.74) is 0.383. The summed E-state index contributed by atoms with van der Waals surface area (Å²) in [7, 11) is 0. The average Bonchev–Trinajstić information content (AvgIpc) is 2.23. The lowest BCUT2D eigenvalue weighted by atomic mass is 10.1. The lowest BCUT2D eigenvalue weighted by Crippen LogP contribution is -2.53. The third kappa shape index (κ3) is 1.79. The zero-order valence-corrected chi connectivity index (χ0v) is 9.12. The van der Waals surface area contributed by atoms with Crippen LogP contribution >= 0.6 is 11.8 Å². The van der Waals surface area contributed by atoms with E-state index in [-0.39, 0.29) is 11.3 Å². The molecule has 2 heterocycles. The van der Waals surface area contributed by atoms with Gasteiger partial charge in [0.25, 0.3) is 0 Å². The van der Waals surface area contributed by atoms with E-state index in [2.05, 4.69) is 0 Å². The molecule has 1 fully saturated rings. The van der Waals surface area contributed by atoms with Gasteiger partial charge in [0.1, 0.15) is 5.70 Å². The molecule has 1 atom stereocenters. The second-order valence-corrected chi connectivity index (χ2v) is 4.43. The molecule has 2 aliphatic rings. The van der Waals surface area contributed by atoms with Crippen LogP contribution < -0.4 is 0 Å². The molecule has 2 aliphatic heterocycles. The summed E-state index contributed by atoms with van der Waals surface area (Å²) in [6.07, 6.45) is 5.22. The maximum atomic E-state index is 11.5. The Bertz CT molecular complexity index is 362. The fraction of sp³-hybridized carbons (Fsp3) is 0.400. The molecule has 0 spiro atoms. The third-order valence-electron chi connectivity index (χ3n) is 2.25. The topological polar surface area (TPSA) is 46.6 Å². The minimum Gasteiger partial charge on any atom is -0.430 e. The summed E-state index contributed by atoms with van der Waals surface area (Å²) >= 11 is 1.66. The highest BCUT2D eigenvalue weighted by atomic mass is 32.2. The highest BCUT2D eigenvalue weighted by Crippen LogP contribution is 2.37. The van der Waals surface area contributed by atoms with Crippen molar-refractivity contribution in [2.24, 2.45) is 0 Å². The molecule has 0 saturated carbocycles. The molecule has 0 aromatic carbocycles. The van der Waals surface area contributed by atoms with Gasteiger partial charge in [-0.15, -0.1) is 11.8 Å². The van der Waals surface area contributed by atoms with Crippen LogP contribution in [-0.2, 0) is 14.3 Å². The van der Waals surface area contributed by atoms with Gasteiger partial charge in [-0.3, -0.25) is 9.69 Å². The van der Waals surface area contributed by atoms with Gasteiger partial charge in [0.05, 0.1) is 18.1 Å². The maximum absolute atomic E-state index is 11.5. The van der Waals surface area contributed by atoms with E-state index in [1.54, 1.807) is 30.8 Å². The van der Waals surface area contributed by atoms with Crippen LogP contribution in [0.1, 0.15) is 13.3 Å². The second kappa shape index (κ2) is 4.10. The molecule has 1 saturated heterocycles. The van der Waals surface area contributed by atoms with Crippen LogP contribution in [0.5, 0.6) is 0 Å². The molecule has 0 aliphatic carbocycles. The molecule has 0 unspecified atom stereocenters. The molecule has 0 bridgehead atoms. The second-order valence-electron chi connectivity index (χ2n) is 3.22. The van der Waals surface area contributed by atoms with Crippen LogP contribution in [0.4, 0.5) is 0 Å². The molecule has 0 radical (unpaired) electrons. The smallest absolute Gasteiger partial charge is 0.359 e. The lowest BCUT2D eigenvalue weighted by molar-refractivity contribution is -0.146. The summed E-state index contributed by atoms with van der Waals surface area (Å²) in [6.45, 7) is 1.76. The number of nitrogens with zero attached hydrogens (tertiary/aromatic N) is 1. The Morgan fingerprint density at radius 3 is 3.20 bits per heavy atom. The number of thioether (sulfide) groups is 1. The molecule has 2 rings (SSSR count). The van der Waals surface area contributed by atoms with E-state index in [1.807, 2.05) is 0 Å². The minimum absolute atomic E-state index is 0.00382. The van der Waals surface area contributed by atoms with Crippen LogP contribution in [0.2, 0.25) is 0 Å². The summed E-state index contributed by atoms with van der Waals surface area (Å²) < 4.78 is 4.84. The van der Waals surface area contributed by atoms with Crippen LogP contribution in [0, 0.1) is 0 Å². The first-order chi connectivity index (χ1) is 7.24. The quantitative estimate of drug-likeness (QED) is 0.403. The maximum Gasteiger partial charge on any atom is 0.359 e.